The van der Waals surface area contributed by atoms with E-state index in [4.69, 9.17) is 0 Å². The van der Waals surface area contributed by atoms with Crippen molar-refractivity contribution in [2.24, 2.45) is 0 Å². The van der Waals surface area contributed by atoms with Crippen molar-refractivity contribution < 1.29 is 13.2 Å². The molecule has 0 saturated carbocycles. The predicted molar refractivity (Wildman–Crippen MR) is 103 cm³/mol. The molecule has 1 atom stereocenters. The van der Waals surface area contributed by atoms with Gasteiger partial charge in [-0.3, -0.25) is 4.79 Å². The fraction of sp³-hybridized carbons (Fsp3) is 0.632. The number of benzene rings is 1. The van der Waals surface area contributed by atoms with E-state index in [1.165, 1.54) is 19.3 Å². The number of aryl methyl sites for hydroxylation is 1. The monoisotopic (exact) mass is 381 g/mol. The van der Waals surface area contributed by atoms with Crippen LogP contribution < -0.4 is 10.0 Å². The normalized spacial score (nSPS) is 18.6. The SMILES string of the molecule is Cc1ccc(S(=O)(=O)NCCC(=O)NCCCN2CCCC[C@H]2C)cc1. The van der Waals surface area contributed by atoms with Crippen LogP contribution in [0.15, 0.2) is 29.2 Å². The highest BCUT2D eigenvalue weighted by atomic mass is 32.2. The van der Waals surface area contributed by atoms with E-state index in [0.29, 0.717) is 12.6 Å². The van der Waals surface area contributed by atoms with Crippen LogP contribution in [0.3, 0.4) is 0 Å². The number of carbonyl (C=O) groups excluding carboxylic acids is 1. The van der Waals surface area contributed by atoms with E-state index < -0.39 is 10.0 Å². The summed E-state index contributed by atoms with van der Waals surface area (Å²) in [4.78, 5) is 14.6. The lowest BCUT2D eigenvalue weighted by Gasteiger charge is -2.33. The lowest BCUT2D eigenvalue weighted by Crippen LogP contribution is -2.39. The smallest absolute Gasteiger partial charge is 0.240 e. The van der Waals surface area contributed by atoms with Gasteiger partial charge in [-0.05, 0) is 51.8 Å². The number of likely N-dealkylation sites (tertiary alicyclic amines) is 1. The molecular formula is C19H31N3O3S. The number of hydrogen-bond acceptors (Lipinski definition) is 4. The molecule has 6 nitrogen and oxygen atoms in total. The predicted octanol–water partition coefficient (Wildman–Crippen LogP) is 2.04. The molecule has 0 aliphatic carbocycles. The summed E-state index contributed by atoms with van der Waals surface area (Å²) >= 11 is 0. The molecule has 0 bridgehead atoms. The average Bonchev–Trinajstić information content (AvgIpc) is 2.60. The molecule has 0 aromatic heterocycles. The summed E-state index contributed by atoms with van der Waals surface area (Å²) in [5.74, 6) is -0.122. The third-order valence-corrected chi connectivity index (χ3v) is 6.34. The van der Waals surface area contributed by atoms with Crippen molar-refractivity contribution in [1.82, 2.24) is 14.9 Å². The first-order chi connectivity index (χ1) is 12.4. The fourth-order valence-electron chi connectivity index (χ4n) is 3.19. The number of nitrogens with one attached hydrogen (secondary N) is 2. The van der Waals surface area contributed by atoms with Gasteiger partial charge in [0.1, 0.15) is 0 Å². The topological polar surface area (TPSA) is 78.5 Å². The van der Waals surface area contributed by atoms with Gasteiger partial charge < -0.3 is 10.2 Å². The van der Waals surface area contributed by atoms with E-state index in [9.17, 15) is 13.2 Å². The van der Waals surface area contributed by atoms with Crippen molar-refractivity contribution in [2.75, 3.05) is 26.2 Å². The van der Waals surface area contributed by atoms with Crippen LogP contribution in [0.25, 0.3) is 0 Å². The maximum atomic E-state index is 12.1. The second-order valence-electron chi connectivity index (χ2n) is 7.05. The zero-order valence-corrected chi connectivity index (χ0v) is 16.6. The maximum Gasteiger partial charge on any atom is 0.240 e. The van der Waals surface area contributed by atoms with E-state index in [2.05, 4.69) is 21.9 Å². The zero-order valence-electron chi connectivity index (χ0n) is 15.8. The van der Waals surface area contributed by atoms with Gasteiger partial charge in [0.25, 0.3) is 0 Å². The molecule has 1 saturated heterocycles. The largest absolute Gasteiger partial charge is 0.356 e. The second kappa shape index (κ2) is 10.0. The molecule has 146 valence electrons. The van der Waals surface area contributed by atoms with E-state index in [1.807, 2.05) is 6.92 Å². The van der Waals surface area contributed by atoms with Crippen molar-refractivity contribution in [3.63, 3.8) is 0 Å². The Kier molecular flexibility index (Phi) is 8.06. The number of sulfonamides is 1. The van der Waals surface area contributed by atoms with Crippen molar-refractivity contribution >= 4 is 15.9 Å². The highest BCUT2D eigenvalue weighted by molar-refractivity contribution is 7.89. The summed E-state index contributed by atoms with van der Waals surface area (Å²) in [6.45, 7) is 7.05. The van der Waals surface area contributed by atoms with Crippen LogP contribution >= 0.6 is 0 Å². The third-order valence-electron chi connectivity index (χ3n) is 4.86. The van der Waals surface area contributed by atoms with Gasteiger partial charge in [-0.15, -0.1) is 0 Å². The van der Waals surface area contributed by atoms with Crippen molar-refractivity contribution in [2.45, 2.75) is 56.9 Å². The highest BCUT2D eigenvalue weighted by Gasteiger charge is 2.17. The average molecular weight is 382 g/mol. The van der Waals surface area contributed by atoms with Crippen LogP contribution in [0, 0.1) is 6.92 Å². The molecular weight excluding hydrogens is 350 g/mol. The first-order valence-electron chi connectivity index (χ1n) is 9.45. The first kappa shape index (κ1) is 20.9. The van der Waals surface area contributed by atoms with Gasteiger partial charge in [-0.2, -0.15) is 0 Å². The summed E-state index contributed by atoms with van der Waals surface area (Å²) < 4.78 is 26.8. The van der Waals surface area contributed by atoms with Gasteiger partial charge in [0.2, 0.25) is 15.9 Å². The molecule has 1 amide bonds. The first-order valence-corrected chi connectivity index (χ1v) is 10.9. The number of amides is 1. The Morgan fingerprint density at radius 1 is 1.19 bits per heavy atom. The number of nitrogens with zero attached hydrogens (tertiary/aromatic N) is 1. The number of carbonyl (C=O) groups is 1. The Morgan fingerprint density at radius 2 is 1.92 bits per heavy atom. The summed E-state index contributed by atoms with van der Waals surface area (Å²) in [5, 5.41) is 2.87. The van der Waals surface area contributed by atoms with Crippen LogP contribution in [0.1, 0.15) is 44.6 Å². The minimum Gasteiger partial charge on any atom is -0.356 e. The van der Waals surface area contributed by atoms with Gasteiger partial charge in [0.05, 0.1) is 4.90 Å². The Labute approximate surface area is 157 Å². The van der Waals surface area contributed by atoms with Gasteiger partial charge in [-0.25, -0.2) is 13.1 Å². The Bertz CT molecular complexity index is 674. The number of hydrogen-bond donors (Lipinski definition) is 2. The van der Waals surface area contributed by atoms with Crippen molar-refractivity contribution in [1.29, 1.82) is 0 Å². The fourth-order valence-corrected chi connectivity index (χ4v) is 4.22. The van der Waals surface area contributed by atoms with Crippen molar-refractivity contribution in [3.05, 3.63) is 29.8 Å². The standard InChI is InChI=1S/C19H31N3O3S/c1-16-7-9-18(10-8-16)26(24,25)21-13-11-19(23)20-12-5-15-22-14-4-3-6-17(22)2/h7-10,17,21H,3-6,11-15H2,1-2H3,(H,20,23)/t17-/m1/s1. The number of rotatable bonds is 9. The van der Waals surface area contributed by atoms with E-state index in [-0.39, 0.29) is 23.8 Å². The Balaban J connectivity index is 1.62. The molecule has 7 heteroatoms. The summed E-state index contributed by atoms with van der Waals surface area (Å²) in [7, 11) is -3.56. The minimum atomic E-state index is -3.56. The van der Waals surface area contributed by atoms with Crippen LogP contribution in [0.5, 0.6) is 0 Å². The molecule has 26 heavy (non-hydrogen) atoms. The minimum absolute atomic E-state index is 0.102. The maximum absolute atomic E-state index is 12.1. The lowest BCUT2D eigenvalue weighted by molar-refractivity contribution is -0.120. The molecule has 1 fully saturated rings. The van der Waals surface area contributed by atoms with Crippen LogP contribution in [0.2, 0.25) is 0 Å². The molecule has 0 unspecified atom stereocenters. The molecule has 2 rings (SSSR count). The summed E-state index contributed by atoms with van der Waals surface area (Å²) in [6.07, 6.45) is 4.90. The summed E-state index contributed by atoms with van der Waals surface area (Å²) in [5.41, 5.74) is 1.00. The van der Waals surface area contributed by atoms with Crippen LogP contribution in [0.4, 0.5) is 0 Å². The molecule has 1 aromatic carbocycles. The Hall–Kier alpha value is -1.44. The molecule has 1 heterocycles. The molecule has 1 aliphatic rings. The van der Waals surface area contributed by atoms with E-state index >= 15 is 0 Å². The molecule has 0 spiro atoms. The van der Waals surface area contributed by atoms with E-state index in [1.54, 1.807) is 24.3 Å². The zero-order chi connectivity index (χ0) is 19.0. The van der Waals surface area contributed by atoms with Gasteiger partial charge in [0.15, 0.2) is 0 Å². The van der Waals surface area contributed by atoms with Crippen LogP contribution in [-0.2, 0) is 14.8 Å². The van der Waals surface area contributed by atoms with Crippen LogP contribution in [-0.4, -0.2) is 51.4 Å². The van der Waals surface area contributed by atoms with Gasteiger partial charge >= 0.3 is 0 Å². The molecule has 1 aliphatic heterocycles. The summed E-state index contributed by atoms with van der Waals surface area (Å²) in [6, 6.07) is 7.28. The van der Waals surface area contributed by atoms with Gasteiger partial charge in [0, 0.05) is 32.1 Å². The quantitative estimate of drug-likeness (QED) is 0.642. The molecule has 2 N–H and O–H groups in total. The lowest BCUT2D eigenvalue weighted by atomic mass is 10.0. The highest BCUT2D eigenvalue weighted by Crippen LogP contribution is 2.16. The molecule has 1 aromatic rings. The van der Waals surface area contributed by atoms with Crippen molar-refractivity contribution in [3.8, 4) is 0 Å². The van der Waals surface area contributed by atoms with Gasteiger partial charge in [-0.1, -0.05) is 24.1 Å². The number of piperidine rings is 1. The Morgan fingerprint density at radius 3 is 2.62 bits per heavy atom. The second-order valence-corrected chi connectivity index (χ2v) is 8.81. The third kappa shape index (κ3) is 6.70. The molecule has 0 radical (unpaired) electrons. The van der Waals surface area contributed by atoms with E-state index in [0.717, 1.165) is 25.1 Å².